The average molecular weight is 588 g/mol. The molecular formula is C33H37N3O5S. The predicted octanol–water partition coefficient (Wildman–Crippen LogP) is 5.44. The number of methoxy groups -OCH3 is 1. The van der Waals surface area contributed by atoms with Crippen molar-refractivity contribution < 1.29 is 19.0 Å². The highest BCUT2D eigenvalue weighted by Gasteiger charge is 2.34. The standard InChI is InChI=1S/C33H37N3O5S/c1-9-40-32(38)29-20(6)34-33-36(30(29)22-14-15-26(41-19(4)5)27(16-22)39-8)31(37)28(42-33)17-24-21(7)35(18(2)3)25-13-11-10-12-23(24)25/h10-19,30H,9H2,1-8H3/b28-17+/t30-/m0/s1. The maximum Gasteiger partial charge on any atom is 0.338 e. The van der Waals surface area contributed by atoms with Gasteiger partial charge >= 0.3 is 5.97 Å². The second kappa shape index (κ2) is 11.6. The number of para-hydroxylation sites is 1. The van der Waals surface area contributed by atoms with Crippen LogP contribution in [0.2, 0.25) is 0 Å². The van der Waals surface area contributed by atoms with Gasteiger partial charge in [0, 0.05) is 28.2 Å². The number of fused-ring (bicyclic) bond motifs is 2. The Kier molecular flexibility index (Phi) is 8.14. The van der Waals surface area contributed by atoms with Gasteiger partial charge in [-0.3, -0.25) is 9.36 Å². The number of esters is 1. The van der Waals surface area contributed by atoms with Crippen molar-refractivity contribution in [3.63, 3.8) is 0 Å². The topological polar surface area (TPSA) is 84.1 Å². The second-order valence-corrected chi connectivity index (χ2v) is 11.9. The van der Waals surface area contributed by atoms with E-state index in [9.17, 15) is 9.59 Å². The van der Waals surface area contributed by atoms with E-state index >= 15 is 0 Å². The molecule has 9 heteroatoms. The molecular weight excluding hydrogens is 550 g/mol. The summed E-state index contributed by atoms with van der Waals surface area (Å²) < 4.78 is 21.5. The second-order valence-electron chi connectivity index (χ2n) is 10.9. The van der Waals surface area contributed by atoms with Crippen LogP contribution < -0.4 is 24.4 Å². The monoisotopic (exact) mass is 587 g/mol. The summed E-state index contributed by atoms with van der Waals surface area (Å²) in [6, 6.07) is 13.2. The Morgan fingerprint density at radius 3 is 2.50 bits per heavy atom. The van der Waals surface area contributed by atoms with Gasteiger partial charge in [-0.2, -0.15) is 0 Å². The molecule has 8 nitrogen and oxygen atoms in total. The van der Waals surface area contributed by atoms with Crippen LogP contribution in [-0.4, -0.2) is 34.9 Å². The van der Waals surface area contributed by atoms with Gasteiger partial charge in [0.05, 0.1) is 41.7 Å². The van der Waals surface area contributed by atoms with E-state index < -0.39 is 12.0 Å². The molecule has 0 saturated carbocycles. The normalized spacial score (nSPS) is 15.4. The van der Waals surface area contributed by atoms with E-state index in [1.165, 1.54) is 11.3 Å². The van der Waals surface area contributed by atoms with Gasteiger partial charge in [0.2, 0.25) is 0 Å². The minimum atomic E-state index is -0.748. The molecule has 220 valence electrons. The number of carbonyl (C=O) groups is 1. The summed E-state index contributed by atoms with van der Waals surface area (Å²) in [6.07, 6.45) is 1.91. The molecule has 0 unspecified atom stereocenters. The average Bonchev–Trinajstić information content (AvgIpc) is 3.40. The maximum atomic E-state index is 14.2. The molecule has 3 heterocycles. The quantitative estimate of drug-likeness (QED) is 0.257. The number of rotatable bonds is 8. The Morgan fingerprint density at radius 1 is 1.10 bits per heavy atom. The van der Waals surface area contributed by atoms with Gasteiger partial charge in [0.15, 0.2) is 16.3 Å². The van der Waals surface area contributed by atoms with E-state index in [1.807, 2.05) is 50.3 Å². The third-order valence-corrected chi connectivity index (χ3v) is 8.36. The molecule has 0 amide bonds. The summed E-state index contributed by atoms with van der Waals surface area (Å²) in [5.41, 5.74) is 4.52. The number of ether oxygens (including phenoxy) is 3. The Hall–Kier alpha value is -4.11. The van der Waals surface area contributed by atoms with Crippen molar-refractivity contribution in [2.75, 3.05) is 13.7 Å². The van der Waals surface area contributed by atoms with E-state index in [2.05, 4.69) is 37.5 Å². The van der Waals surface area contributed by atoms with Crippen LogP contribution in [0.15, 0.2) is 63.5 Å². The van der Waals surface area contributed by atoms with Gasteiger partial charge in [-0.1, -0.05) is 35.6 Å². The van der Waals surface area contributed by atoms with E-state index in [0.717, 1.165) is 22.2 Å². The Balaban J connectivity index is 1.76. The number of nitrogens with zero attached hydrogens (tertiary/aromatic N) is 3. The molecule has 0 aliphatic carbocycles. The summed E-state index contributed by atoms with van der Waals surface area (Å²) in [4.78, 5) is 32.8. The summed E-state index contributed by atoms with van der Waals surface area (Å²) >= 11 is 1.32. The fourth-order valence-electron chi connectivity index (χ4n) is 5.71. The number of thiazole rings is 1. The first-order chi connectivity index (χ1) is 20.1. The van der Waals surface area contributed by atoms with Crippen LogP contribution in [0.1, 0.15) is 70.4 Å². The number of hydrogen-bond donors (Lipinski definition) is 0. The number of allylic oxidation sites excluding steroid dienone is 1. The van der Waals surface area contributed by atoms with Crippen LogP contribution in [0.3, 0.4) is 0 Å². The van der Waals surface area contributed by atoms with Crippen LogP contribution in [0, 0.1) is 6.92 Å². The molecule has 0 N–H and O–H groups in total. The molecule has 4 aromatic rings. The minimum Gasteiger partial charge on any atom is -0.493 e. The van der Waals surface area contributed by atoms with Gasteiger partial charge in [-0.05, 0) is 78.3 Å². The van der Waals surface area contributed by atoms with Gasteiger partial charge in [-0.25, -0.2) is 9.79 Å². The molecule has 1 aliphatic rings. The van der Waals surface area contributed by atoms with Crippen LogP contribution in [0.4, 0.5) is 0 Å². The molecule has 0 saturated heterocycles. The molecule has 2 aromatic heterocycles. The zero-order chi connectivity index (χ0) is 30.3. The van der Waals surface area contributed by atoms with Crippen LogP contribution >= 0.6 is 11.3 Å². The van der Waals surface area contributed by atoms with Crippen molar-refractivity contribution >= 4 is 34.3 Å². The molecule has 1 atom stereocenters. The minimum absolute atomic E-state index is 0.0512. The first-order valence-electron chi connectivity index (χ1n) is 14.2. The molecule has 2 aromatic carbocycles. The van der Waals surface area contributed by atoms with Gasteiger partial charge in [-0.15, -0.1) is 0 Å². The van der Waals surface area contributed by atoms with E-state index in [1.54, 1.807) is 25.5 Å². The lowest BCUT2D eigenvalue weighted by Crippen LogP contribution is -2.40. The van der Waals surface area contributed by atoms with Crippen LogP contribution in [0.25, 0.3) is 17.0 Å². The lowest BCUT2D eigenvalue weighted by Gasteiger charge is -2.25. The molecule has 5 rings (SSSR count). The lowest BCUT2D eigenvalue weighted by atomic mass is 9.95. The molecule has 0 radical (unpaired) electrons. The summed E-state index contributed by atoms with van der Waals surface area (Å²) in [7, 11) is 1.57. The SMILES string of the molecule is CCOC(=O)C1=C(C)N=c2s/c(=C/c3c(C)n(C(C)C)c4ccccc34)c(=O)n2[C@H]1c1ccc(OC(C)C)c(OC)c1. The number of hydrogen-bond acceptors (Lipinski definition) is 7. The lowest BCUT2D eigenvalue weighted by molar-refractivity contribution is -0.139. The highest BCUT2D eigenvalue weighted by Crippen LogP contribution is 2.37. The van der Waals surface area contributed by atoms with Crippen molar-refractivity contribution in [2.24, 2.45) is 4.99 Å². The number of benzene rings is 2. The molecule has 42 heavy (non-hydrogen) atoms. The predicted molar refractivity (Wildman–Crippen MR) is 166 cm³/mol. The maximum absolute atomic E-state index is 14.2. The van der Waals surface area contributed by atoms with Crippen molar-refractivity contribution in [3.05, 3.63) is 90.2 Å². The molecule has 1 aliphatic heterocycles. The van der Waals surface area contributed by atoms with Crippen molar-refractivity contribution in [2.45, 2.75) is 66.7 Å². The fraction of sp³-hybridized carbons (Fsp3) is 0.364. The first-order valence-corrected chi connectivity index (χ1v) is 15.0. The fourth-order valence-corrected chi connectivity index (χ4v) is 6.74. The van der Waals surface area contributed by atoms with Crippen molar-refractivity contribution in [1.82, 2.24) is 9.13 Å². The smallest absolute Gasteiger partial charge is 0.338 e. The first kappa shape index (κ1) is 29.4. The third kappa shape index (κ3) is 5.06. The van der Waals surface area contributed by atoms with E-state index in [0.29, 0.717) is 37.7 Å². The zero-order valence-electron chi connectivity index (χ0n) is 25.3. The van der Waals surface area contributed by atoms with E-state index in [-0.39, 0.29) is 24.3 Å². The highest BCUT2D eigenvalue weighted by atomic mass is 32.1. The summed E-state index contributed by atoms with van der Waals surface area (Å²) in [5, 5.41) is 1.08. The number of aromatic nitrogens is 2. The van der Waals surface area contributed by atoms with Crippen LogP contribution in [-0.2, 0) is 9.53 Å². The largest absolute Gasteiger partial charge is 0.493 e. The Bertz CT molecular complexity index is 1890. The van der Waals surface area contributed by atoms with Gasteiger partial charge in [0.25, 0.3) is 5.56 Å². The Morgan fingerprint density at radius 2 is 1.83 bits per heavy atom. The highest BCUT2D eigenvalue weighted by molar-refractivity contribution is 7.07. The van der Waals surface area contributed by atoms with Crippen molar-refractivity contribution in [1.29, 1.82) is 0 Å². The van der Waals surface area contributed by atoms with E-state index in [4.69, 9.17) is 19.2 Å². The van der Waals surface area contributed by atoms with Gasteiger partial charge < -0.3 is 18.8 Å². The third-order valence-electron chi connectivity index (χ3n) is 7.38. The Labute approximate surface area is 249 Å². The molecule has 0 bridgehead atoms. The molecule has 0 fully saturated rings. The summed E-state index contributed by atoms with van der Waals surface area (Å²) in [5.74, 6) is 0.590. The van der Waals surface area contributed by atoms with Crippen molar-refractivity contribution in [3.8, 4) is 11.5 Å². The zero-order valence-corrected chi connectivity index (χ0v) is 26.2. The molecule has 0 spiro atoms. The summed E-state index contributed by atoms with van der Waals surface area (Å²) in [6.45, 7) is 14.0. The van der Waals surface area contributed by atoms with Gasteiger partial charge in [0.1, 0.15) is 0 Å². The van der Waals surface area contributed by atoms with Crippen LogP contribution in [0.5, 0.6) is 11.5 Å². The number of carbonyl (C=O) groups excluding carboxylic acids is 1.